The van der Waals surface area contributed by atoms with Gasteiger partial charge in [0.05, 0.1) is 0 Å². The first-order valence-corrected chi connectivity index (χ1v) is 8.74. The third kappa shape index (κ3) is 3.27. The van der Waals surface area contributed by atoms with Gasteiger partial charge in [0.15, 0.2) is 0 Å². The molecule has 0 aromatic heterocycles. The first-order valence-electron chi connectivity index (χ1n) is 8.74. The summed E-state index contributed by atoms with van der Waals surface area (Å²) in [6.45, 7) is 1.69. The molecule has 2 saturated heterocycles. The summed E-state index contributed by atoms with van der Waals surface area (Å²) in [7, 11) is 0. The minimum Gasteiger partial charge on any atom is -0.318 e. The van der Waals surface area contributed by atoms with Crippen LogP contribution in [0.5, 0.6) is 0 Å². The zero-order chi connectivity index (χ0) is 19.6. The fourth-order valence-electron chi connectivity index (χ4n) is 3.30. The first-order chi connectivity index (χ1) is 12.9. The average molecular weight is 372 g/mol. The summed E-state index contributed by atoms with van der Waals surface area (Å²) in [6, 6.07) is 8.06. The Hall–Kier alpha value is -3.23. The molecule has 2 fully saturated rings. The molecule has 0 aliphatic carbocycles. The molecule has 2 aliphatic heterocycles. The van der Waals surface area contributed by atoms with Gasteiger partial charge in [-0.25, -0.2) is 4.79 Å². The van der Waals surface area contributed by atoms with Gasteiger partial charge >= 0.3 is 6.03 Å². The number of amides is 6. The van der Waals surface area contributed by atoms with Crippen molar-refractivity contribution in [3.63, 3.8) is 0 Å². The maximum atomic E-state index is 12.9. The van der Waals surface area contributed by atoms with Crippen LogP contribution in [-0.2, 0) is 24.7 Å². The monoisotopic (exact) mass is 372 g/mol. The largest absolute Gasteiger partial charge is 0.344 e. The van der Waals surface area contributed by atoms with Crippen LogP contribution in [0.2, 0.25) is 0 Å². The predicted molar refractivity (Wildman–Crippen MR) is 92.5 cm³/mol. The second kappa shape index (κ2) is 7.18. The summed E-state index contributed by atoms with van der Waals surface area (Å²) in [5.74, 6) is -1.86. The molecule has 142 valence electrons. The zero-order valence-electron chi connectivity index (χ0n) is 14.9. The van der Waals surface area contributed by atoms with Gasteiger partial charge in [0.25, 0.3) is 5.91 Å². The fourth-order valence-corrected chi connectivity index (χ4v) is 3.30. The van der Waals surface area contributed by atoms with Gasteiger partial charge in [-0.3, -0.25) is 29.5 Å². The van der Waals surface area contributed by atoms with Crippen LogP contribution in [0.4, 0.5) is 4.79 Å². The van der Waals surface area contributed by atoms with Crippen molar-refractivity contribution in [2.75, 3.05) is 6.54 Å². The van der Waals surface area contributed by atoms with Gasteiger partial charge in [0.1, 0.15) is 5.54 Å². The zero-order valence-corrected chi connectivity index (χ0v) is 14.9. The Morgan fingerprint density at radius 3 is 2.33 bits per heavy atom. The third-order valence-corrected chi connectivity index (χ3v) is 4.84. The number of rotatable bonds is 6. The minimum atomic E-state index is -1.24. The van der Waals surface area contributed by atoms with Crippen molar-refractivity contribution in [1.29, 1.82) is 0 Å². The molecule has 9 heteroatoms. The van der Waals surface area contributed by atoms with Gasteiger partial charge in [0.2, 0.25) is 17.7 Å². The molecule has 9 nitrogen and oxygen atoms in total. The summed E-state index contributed by atoms with van der Waals surface area (Å²) >= 11 is 0. The topological polar surface area (TPSA) is 116 Å². The maximum absolute atomic E-state index is 12.9. The van der Waals surface area contributed by atoms with Gasteiger partial charge in [-0.1, -0.05) is 37.3 Å². The van der Waals surface area contributed by atoms with Crippen LogP contribution in [-0.4, -0.2) is 46.1 Å². The number of carbonyl (C=O) groups is 5. The molecule has 0 unspecified atom stereocenters. The minimum absolute atomic E-state index is 0.0786. The Kier molecular flexibility index (Phi) is 4.93. The lowest BCUT2D eigenvalue weighted by Gasteiger charge is -2.25. The van der Waals surface area contributed by atoms with Crippen LogP contribution in [0.1, 0.15) is 38.2 Å². The van der Waals surface area contributed by atoms with E-state index in [0.717, 1.165) is 4.90 Å². The van der Waals surface area contributed by atoms with E-state index in [1.165, 1.54) is 0 Å². The lowest BCUT2D eigenvalue weighted by Crippen LogP contribution is -2.49. The Bertz CT molecular complexity index is 793. The molecule has 1 aromatic carbocycles. The van der Waals surface area contributed by atoms with E-state index in [1.807, 2.05) is 0 Å². The van der Waals surface area contributed by atoms with Crippen LogP contribution >= 0.6 is 0 Å². The fraction of sp³-hybridized carbons (Fsp3) is 0.389. The second-order valence-electron chi connectivity index (χ2n) is 6.42. The van der Waals surface area contributed by atoms with E-state index < -0.39 is 23.4 Å². The number of likely N-dealkylation sites (tertiary alicyclic amines) is 1. The molecule has 0 radical (unpaired) electrons. The molecule has 2 aliphatic rings. The van der Waals surface area contributed by atoms with E-state index in [-0.39, 0.29) is 37.6 Å². The number of urea groups is 1. The molecule has 0 bridgehead atoms. The van der Waals surface area contributed by atoms with Crippen molar-refractivity contribution < 1.29 is 24.0 Å². The van der Waals surface area contributed by atoms with E-state index in [2.05, 4.69) is 10.7 Å². The molecule has 0 spiro atoms. The molecule has 1 atom stereocenters. The highest BCUT2D eigenvalue weighted by atomic mass is 16.2. The number of hydrogen-bond acceptors (Lipinski definition) is 5. The van der Waals surface area contributed by atoms with E-state index in [1.54, 1.807) is 37.3 Å². The maximum Gasteiger partial charge on any atom is 0.344 e. The van der Waals surface area contributed by atoms with Gasteiger partial charge in [-0.15, -0.1) is 0 Å². The van der Waals surface area contributed by atoms with Gasteiger partial charge in [0, 0.05) is 25.8 Å². The third-order valence-electron chi connectivity index (χ3n) is 4.84. The molecule has 2 heterocycles. The number of nitrogens with one attached hydrogen (secondary N) is 2. The number of imide groups is 2. The summed E-state index contributed by atoms with van der Waals surface area (Å²) < 4.78 is 0. The molecular formula is C18H20N4O5. The number of carbonyl (C=O) groups excluding carboxylic acids is 5. The molecule has 2 N–H and O–H groups in total. The Morgan fingerprint density at radius 2 is 1.74 bits per heavy atom. The average Bonchev–Trinajstić information content (AvgIpc) is 3.12. The summed E-state index contributed by atoms with van der Waals surface area (Å²) in [5, 5.41) is 3.31. The SMILES string of the molecule is CC[C@]1(c2ccccc2)NC(=O)N(NC(=O)CCN2C(=O)CCC2=O)C1=O. The smallest absolute Gasteiger partial charge is 0.318 e. The van der Waals surface area contributed by atoms with Crippen molar-refractivity contribution in [2.45, 2.75) is 38.1 Å². The van der Waals surface area contributed by atoms with Crippen molar-refractivity contribution in [3.8, 4) is 0 Å². The number of benzene rings is 1. The predicted octanol–water partition coefficient (Wildman–Crippen LogP) is 0.414. The van der Waals surface area contributed by atoms with E-state index in [0.29, 0.717) is 17.0 Å². The standard InChI is InChI=1S/C18H20N4O5/c1-2-18(12-6-4-3-5-7-12)16(26)22(17(27)19-18)20-13(23)10-11-21-14(24)8-9-15(21)25/h3-7H,2,8-11H2,1H3,(H,19,27)(H,20,23)/t18-/m1/s1. The highest BCUT2D eigenvalue weighted by Gasteiger charge is 2.52. The molecule has 6 amide bonds. The Labute approximate surface area is 155 Å². The molecule has 3 rings (SSSR count). The van der Waals surface area contributed by atoms with E-state index in [9.17, 15) is 24.0 Å². The number of nitrogens with zero attached hydrogens (tertiary/aromatic N) is 2. The molecule has 1 aromatic rings. The lowest BCUT2D eigenvalue weighted by atomic mass is 9.87. The number of hydrazine groups is 1. The normalized spacial score (nSPS) is 22.4. The van der Waals surface area contributed by atoms with Crippen LogP contribution < -0.4 is 10.7 Å². The first kappa shape index (κ1) is 18.6. The quantitative estimate of drug-likeness (QED) is 0.554. The number of hydrogen-bond donors (Lipinski definition) is 2. The molecule has 27 heavy (non-hydrogen) atoms. The van der Waals surface area contributed by atoms with Gasteiger partial charge in [-0.2, -0.15) is 5.01 Å². The molecule has 0 saturated carbocycles. The van der Waals surface area contributed by atoms with Gasteiger partial charge in [-0.05, 0) is 12.0 Å². The van der Waals surface area contributed by atoms with E-state index >= 15 is 0 Å². The Balaban J connectivity index is 1.67. The highest BCUT2D eigenvalue weighted by Crippen LogP contribution is 2.31. The lowest BCUT2D eigenvalue weighted by molar-refractivity contribution is -0.141. The summed E-state index contributed by atoms with van der Waals surface area (Å²) in [5.41, 5.74) is 1.65. The van der Waals surface area contributed by atoms with Crippen LogP contribution in [0, 0.1) is 0 Å². The van der Waals surface area contributed by atoms with Crippen LogP contribution in [0.3, 0.4) is 0 Å². The van der Waals surface area contributed by atoms with Crippen LogP contribution in [0.15, 0.2) is 30.3 Å². The van der Waals surface area contributed by atoms with Crippen molar-refractivity contribution in [1.82, 2.24) is 20.7 Å². The molecular weight excluding hydrogens is 352 g/mol. The Morgan fingerprint density at radius 1 is 1.11 bits per heavy atom. The van der Waals surface area contributed by atoms with Gasteiger partial charge < -0.3 is 5.32 Å². The summed E-state index contributed by atoms with van der Waals surface area (Å²) in [4.78, 5) is 61.5. The summed E-state index contributed by atoms with van der Waals surface area (Å²) in [6.07, 6.45) is 0.400. The van der Waals surface area contributed by atoms with Crippen molar-refractivity contribution in [2.24, 2.45) is 0 Å². The highest BCUT2D eigenvalue weighted by molar-refractivity contribution is 6.08. The van der Waals surface area contributed by atoms with Crippen molar-refractivity contribution in [3.05, 3.63) is 35.9 Å². The second-order valence-corrected chi connectivity index (χ2v) is 6.42. The van der Waals surface area contributed by atoms with Crippen molar-refractivity contribution >= 4 is 29.7 Å². The van der Waals surface area contributed by atoms with Crippen LogP contribution in [0.25, 0.3) is 0 Å². The van der Waals surface area contributed by atoms with E-state index in [4.69, 9.17) is 0 Å².